The van der Waals surface area contributed by atoms with E-state index in [1.165, 1.54) is 6.42 Å². The largest absolute Gasteiger partial charge is 0.383 e. The topological polar surface area (TPSA) is 61.8 Å². The van der Waals surface area contributed by atoms with E-state index in [1.807, 2.05) is 6.92 Å². The molecule has 0 aliphatic carbocycles. The van der Waals surface area contributed by atoms with Crippen LogP contribution in [0.3, 0.4) is 0 Å². The molecule has 2 heterocycles. The second-order valence-electron chi connectivity index (χ2n) is 7.47. The molecule has 2 N–H and O–H groups in total. The first kappa shape index (κ1) is 17.7. The Morgan fingerprint density at radius 3 is 2.45 bits per heavy atom. The molecule has 0 bridgehead atoms. The minimum Gasteiger partial charge on any atom is -0.383 e. The van der Waals surface area contributed by atoms with Crippen LogP contribution in [0, 0.1) is 17.8 Å². The number of rotatable bonds is 5. The molecule has 0 aromatic carbocycles. The van der Waals surface area contributed by atoms with Crippen LogP contribution in [0.5, 0.6) is 0 Å². The van der Waals surface area contributed by atoms with E-state index in [0.717, 1.165) is 44.3 Å². The van der Waals surface area contributed by atoms with E-state index in [2.05, 4.69) is 24.1 Å². The highest BCUT2D eigenvalue weighted by molar-refractivity contribution is 5.81. The summed E-state index contributed by atoms with van der Waals surface area (Å²) in [5.41, 5.74) is 0. The highest BCUT2D eigenvalue weighted by Crippen LogP contribution is 2.21. The van der Waals surface area contributed by atoms with Crippen LogP contribution in [0.25, 0.3) is 0 Å². The van der Waals surface area contributed by atoms with Crippen molar-refractivity contribution in [3.8, 4) is 0 Å². The number of likely N-dealkylation sites (tertiary alicyclic amines) is 1. The maximum absolute atomic E-state index is 12.2. The van der Waals surface area contributed by atoms with E-state index in [1.54, 1.807) is 0 Å². The average Bonchev–Trinajstić information content (AvgIpc) is 2.46. The van der Waals surface area contributed by atoms with E-state index in [4.69, 9.17) is 4.74 Å². The summed E-state index contributed by atoms with van der Waals surface area (Å²) in [4.78, 5) is 14.6. The number of aliphatic hydroxyl groups is 1. The van der Waals surface area contributed by atoms with Gasteiger partial charge in [0, 0.05) is 38.9 Å². The predicted octanol–water partition coefficient (Wildman–Crippen LogP) is 1.26. The molecule has 5 heteroatoms. The Kier molecular flexibility index (Phi) is 6.66. The van der Waals surface area contributed by atoms with Crippen LogP contribution in [-0.4, -0.2) is 60.9 Å². The first-order chi connectivity index (χ1) is 10.5. The maximum atomic E-state index is 12.2. The summed E-state index contributed by atoms with van der Waals surface area (Å²) in [6.45, 7) is 11.0. The van der Waals surface area contributed by atoms with Crippen molar-refractivity contribution in [3.05, 3.63) is 0 Å². The van der Waals surface area contributed by atoms with Crippen LogP contribution in [0.2, 0.25) is 0 Å². The Morgan fingerprint density at radius 1 is 1.27 bits per heavy atom. The van der Waals surface area contributed by atoms with E-state index in [0.29, 0.717) is 13.2 Å². The first-order valence-corrected chi connectivity index (χ1v) is 8.74. The molecule has 0 aromatic rings. The number of piperidine rings is 1. The van der Waals surface area contributed by atoms with Crippen LogP contribution in [0.4, 0.5) is 0 Å². The molecule has 2 aliphatic heterocycles. The molecule has 2 saturated heterocycles. The van der Waals surface area contributed by atoms with Crippen molar-refractivity contribution in [2.75, 3.05) is 32.8 Å². The fourth-order valence-electron chi connectivity index (χ4n) is 3.95. The van der Waals surface area contributed by atoms with Crippen molar-refractivity contribution in [1.29, 1.82) is 0 Å². The molecule has 2 aliphatic rings. The van der Waals surface area contributed by atoms with Gasteiger partial charge < -0.3 is 20.1 Å². The Morgan fingerprint density at radius 2 is 1.86 bits per heavy atom. The van der Waals surface area contributed by atoms with Gasteiger partial charge in [-0.1, -0.05) is 13.8 Å². The molecule has 2 fully saturated rings. The van der Waals surface area contributed by atoms with Crippen LogP contribution in [-0.2, 0) is 9.53 Å². The number of nitrogens with one attached hydrogen (secondary N) is 1. The summed E-state index contributed by atoms with van der Waals surface area (Å²) in [6.07, 6.45) is 1.93. The molecule has 0 saturated carbocycles. The molecule has 4 unspecified atom stereocenters. The molecule has 5 nitrogen and oxygen atoms in total. The SMILES string of the molecule is CC1CC(C)CN(CC(C)NC(=O)C(O)C2CCOCC2)C1. The summed E-state index contributed by atoms with van der Waals surface area (Å²) in [7, 11) is 0. The molecule has 4 atom stereocenters. The lowest BCUT2D eigenvalue weighted by molar-refractivity contribution is -0.134. The fraction of sp³-hybridized carbons (Fsp3) is 0.941. The van der Waals surface area contributed by atoms with Gasteiger partial charge in [-0.15, -0.1) is 0 Å². The monoisotopic (exact) mass is 312 g/mol. The second-order valence-corrected chi connectivity index (χ2v) is 7.47. The summed E-state index contributed by atoms with van der Waals surface area (Å²) in [5, 5.41) is 13.2. The van der Waals surface area contributed by atoms with Crippen molar-refractivity contribution < 1.29 is 14.6 Å². The van der Waals surface area contributed by atoms with Gasteiger partial charge in [0.25, 0.3) is 0 Å². The Hall–Kier alpha value is -0.650. The molecule has 0 spiro atoms. The van der Waals surface area contributed by atoms with Crippen molar-refractivity contribution in [2.24, 2.45) is 17.8 Å². The lowest BCUT2D eigenvalue weighted by Crippen LogP contribution is -2.50. The third-order valence-corrected chi connectivity index (χ3v) is 4.85. The Bertz CT molecular complexity index is 348. The van der Waals surface area contributed by atoms with Crippen LogP contribution >= 0.6 is 0 Å². The van der Waals surface area contributed by atoms with E-state index in [9.17, 15) is 9.90 Å². The molecule has 0 aromatic heterocycles. The third kappa shape index (κ3) is 5.21. The van der Waals surface area contributed by atoms with Gasteiger partial charge in [-0.2, -0.15) is 0 Å². The predicted molar refractivity (Wildman–Crippen MR) is 86.5 cm³/mol. The molecular weight excluding hydrogens is 280 g/mol. The summed E-state index contributed by atoms with van der Waals surface area (Å²) >= 11 is 0. The molecular formula is C17H32N2O3. The van der Waals surface area contributed by atoms with Crippen LogP contribution in [0.15, 0.2) is 0 Å². The smallest absolute Gasteiger partial charge is 0.249 e. The number of ether oxygens (including phenoxy) is 1. The lowest BCUT2D eigenvalue weighted by Gasteiger charge is -2.36. The number of amides is 1. The van der Waals surface area contributed by atoms with Gasteiger partial charge in [-0.3, -0.25) is 4.79 Å². The van der Waals surface area contributed by atoms with Crippen molar-refractivity contribution in [1.82, 2.24) is 10.2 Å². The molecule has 2 rings (SSSR count). The normalized spacial score (nSPS) is 30.7. The first-order valence-electron chi connectivity index (χ1n) is 8.74. The minimum absolute atomic E-state index is 0.0379. The fourth-order valence-corrected chi connectivity index (χ4v) is 3.95. The molecule has 1 amide bonds. The molecule has 22 heavy (non-hydrogen) atoms. The second kappa shape index (κ2) is 8.27. The standard InChI is InChI=1S/C17H32N2O3/c1-12-8-13(2)10-19(9-12)11-14(3)18-17(21)16(20)15-4-6-22-7-5-15/h12-16,20H,4-11H2,1-3H3,(H,18,21). The lowest BCUT2D eigenvalue weighted by atomic mass is 9.91. The zero-order chi connectivity index (χ0) is 16.1. The molecule has 128 valence electrons. The zero-order valence-electron chi connectivity index (χ0n) is 14.3. The Labute approximate surface area is 134 Å². The average molecular weight is 312 g/mol. The van der Waals surface area contributed by atoms with Crippen molar-refractivity contribution >= 4 is 5.91 Å². The van der Waals surface area contributed by atoms with E-state index in [-0.39, 0.29) is 17.9 Å². The summed E-state index contributed by atoms with van der Waals surface area (Å²) in [5.74, 6) is 1.26. The van der Waals surface area contributed by atoms with Crippen molar-refractivity contribution in [2.45, 2.75) is 52.2 Å². The van der Waals surface area contributed by atoms with Gasteiger partial charge in [0.2, 0.25) is 5.91 Å². The van der Waals surface area contributed by atoms with Crippen LogP contribution < -0.4 is 5.32 Å². The number of aliphatic hydroxyl groups excluding tert-OH is 1. The zero-order valence-corrected chi connectivity index (χ0v) is 14.3. The highest BCUT2D eigenvalue weighted by atomic mass is 16.5. The van der Waals surface area contributed by atoms with Gasteiger partial charge in [0.1, 0.15) is 6.10 Å². The third-order valence-electron chi connectivity index (χ3n) is 4.85. The number of hydrogen-bond acceptors (Lipinski definition) is 4. The highest BCUT2D eigenvalue weighted by Gasteiger charge is 2.29. The summed E-state index contributed by atoms with van der Waals surface area (Å²) in [6, 6.07) is 0.0690. The van der Waals surface area contributed by atoms with Crippen molar-refractivity contribution in [3.63, 3.8) is 0 Å². The van der Waals surface area contributed by atoms with Gasteiger partial charge >= 0.3 is 0 Å². The van der Waals surface area contributed by atoms with Gasteiger partial charge in [0.05, 0.1) is 0 Å². The Balaban J connectivity index is 1.75. The van der Waals surface area contributed by atoms with Gasteiger partial charge in [-0.05, 0) is 43.9 Å². The quantitative estimate of drug-likeness (QED) is 0.802. The number of carbonyl (C=O) groups excluding carboxylic acids is 1. The number of hydrogen-bond donors (Lipinski definition) is 2. The molecule has 0 radical (unpaired) electrons. The minimum atomic E-state index is -0.898. The number of nitrogens with zero attached hydrogens (tertiary/aromatic N) is 1. The van der Waals surface area contributed by atoms with E-state index >= 15 is 0 Å². The summed E-state index contributed by atoms with van der Waals surface area (Å²) < 4.78 is 5.28. The van der Waals surface area contributed by atoms with Gasteiger partial charge in [0.15, 0.2) is 0 Å². The maximum Gasteiger partial charge on any atom is 0.249 e. The number of carbonyl (C=O) groups is 1. The van der Waals surface area contributed by atoms with Crippen LogP contribution in [0.1, 0.15) is 40.0 Å². The van der Waals surface area contributed by atoms with Gasteiger partial charge in [-0.25, -0.2) is 0 Å². The van der Waals surface area contributed by atoms with E-state index < -0.39 is 6.10 Å².